The van der Waals surface area contributed by atoms with Crippen LogP contribution in [0.25, 0.3) is 0 Å². The van der Waals surface area contributed by atoms with Gasteiger partial charge in [-0.3, -0.25) is 4.79 Å². The van der Waals surface area contributed by atoms with Crippen molar-refractivity contribution in [3.63, 3.8) is 0 Å². The summed E-state index contributed by atoms with van der Waals surface area (Å²) in [5, 5.41) is 2.62. The van der Waals surface area contributed by atoms with Crippen molar-refractivity contribution in [3.8, 4) is 0 Å². The molecule has 2 heterocycles. The summed E-state index contributed by atoms with van der Waals surface area (Å²) >= 11 is 0. The van der Waals surface area contributed by atoms with Gasteiger partial charge in [-0.2, -0.15) is 0 Å². The molecule has 0 atom stereocenters. The van der Waals surface area contributed by atoms with Gasteiger partial charge in [-0.05, 0) is 6.07 Å². The molecule has 0 saturated heterocycles. The zero-order chi connectivity index (χ0) is 7.84. The maximum atomic E-state index is 10.8. The Hall–Kier alpha value is -1.58. The van der Waals surface area contributed by atoms with Crippen LogP contribution in [0.15, 0.2) is 12.3 Å². The van der Waals surface area contributed by atoms with Gasteiger partial charge in [0.05, 0.1) is 18.3 Å². The molecule has 1 amide bonds. The maximum Gasteiger partial charge on any atom is 0.230 e. The predicted molar refractivity (Wildman–Crippen MR) is 41.0 cm³/mol. The summed E-state index contributed by atoms with van der Waals surface area (Å²) < 4.78 is 0. The number of nitrogens with two attached hydrogens (primary N) is 1. The first kappa shape index (κ1) is 6.15. The summed E-state index contributed by atoms with van der Waals surface area (Å²) in [4.78, 5) is 14.8. The number of nitrogens with one attached hydrogen (secondary N) is 1. The number of hydrogen-bond donors (Lipinski definition) is 2. The second-order valence-electron chi connectivity index (χ2n) is 2.50. The average Bonchev–Trinajstić information content (AvgIpc) is 2.27. The topological polar surface area (TPSA) is 68.0 Å². The SMILES string of the molecule is Nc1cnc2c(c1)CC(=O)N2. The molecule has 3 N–H and O–H groups in total. The van der Waals surface area contributed by atoms with Gasteiger partial charge in [0.15, 0.2) is 0 Å². The largest absolute Gasteiger partial charge is 0.397 e. The number of rotatable bonds is 0. The first-order valence-corrected chi connectivity index (χ1v) is 3.30. The number of pyridine rings is 1. The molecular weight excluding hydrogens is 142 g/mol. The quantitative estimate of drug-likeness (QED) is 0.552. The molecule has 2 rings (SSSR count). The second-order valence-corrected chi connectivity index (χ2v) is 2.50. The van der Waals surface area contributed by atoms with Gasteiger partial charge in [0.1, 0.15) is 5.82 Å². The molecule has 1 aromatic heterocycles. The van der Waals surface area contributed by atoms with Gasteiger partial charge in [0, 0.05) is 5.56 Å². The van der Waals surface area contributed by atoms with Crippen LogP contribution in [0, 0.1) is 0 Å². The van der Waals surface area contributed by atoms with E-state index in [-0.39, 0.29) is 5.91 Å². The van der Waals surface area contributed by atoms with E-state index in [2.05, 4.69) is 10.3 Å². The third-order valence-electron chi connectivity index (χ3n) is 1.60. The van der Waals surface area contributed by atoms with Crippen LogP contribution in [-0.4, -0.2) is 10.9 Å². The molecule has 1 aliphatic heterocycles. The van der Waals surface area contributed by atoms with Crippen LogP contribution in [-0.2, 0) is 11.2 Å². The third kappa shape index (κ3) is 0.920. The lowest BCUT2D eigenvalue weighted by atomic mass is 10.2. The number of aromatic nitrogens is 1. The van der Waals surface area contributed by atoms with E-state index >= 15 is 0 Å². The van der Waals surface area contributed by atoms with Gasteiger partial charge in [0.25, 0.3) is 0 Å². The molecule has 0 saturated carbocycles. The molecule has 0 bridgehead atoms. The van der Waals surface area contributed by atoms with Gasteiger partial charge in [-0.1, -0.05) is 0 Å². The van der Waals surface area contributed by atoms with Crippen molar-refractivity contribution in [2.24, 2.45) is 0 Å². The van der Waals surface area contributed by atoms with Crippen LogP contribution in [0.1, 0.15) is 5.56 Å². The number of fused-ring (bicyclic) bond motifs is 1. The van der Waals surface area contributed by atoms with Crippen molar-refractivity contribution in [3.05, 3.63) is 17.8 Å². The molecule has 0 spiro atoms. The highest BCUT2D eigenvalue weighted by Gasteiger charge is 2.18. The first-order chi connectivity index (χ1) is 5.25. The van der Waals surface area contributed by atoms with Crippen LogP contribution in [0.4, 0.5) is 11.5 Å². The number of carbonyl (C=O) groups is 1. The van der Waals surface area contributed by atoms with Gasteiger partial charge < -0.3 is 11.1 Å². The van der Waals surface area contributed by atoms with Crippen molar-refractivity contribution < 1.29 is 4.79 Å². The Kier molecular flexibility index (Phi) is 1.09. The zero-order valence-corrected chi connectivity index (χ0v) is 5.79. The van der Waals surface area contributed by atoms with E-state index in [0.29, 0.717) is 17.9 Å². The summed E-state index contributed by atoms with van der Waals surface area (Å²) in [5.74, 6) is 0.627. The summed E-state index contributed by atoms with van der Waals surface area (Å²) in [5.41, 5.74) is 6.96. The highest BCUT2D eigenvalue weighted by molar-refractivity contribution is 5.98. The van der Waals surface area contributed by atoms with Crippen LogP contribution < -0.4 is 11.1 Å². The van der Waals surface area contributed by atoms with Crippen LogP contribution in [0.3, 0.4) is 0 Å². The lowest BCUT2D eigenvalue weighted by Crippen LogP contribution is -2.04. The van der Waals surface area contributed by atoms with Crippen molar-refractivity contribution in [1.82, 2.24) is 4.98 Å². The van der Waals surface area contributed by atoms with E-state index in [9.17, 15) is 4.79 Å². The van der Waals surface area contributed by atoms with Crippen LogP contribution in [0.2, 0.25) is 0 Å². The molecule has 4 nitrogen and oxygen atoms in total. The Bertz CT molecular complexity index is 321. The average molecular weight is 149 g/mol. The molecule has 0 aliphatic carbocycles. The smallest absolute Gasteiger partial charge is 0.230 e. The van der Waals surface area contributed by atoms with Crippen molar-refractivity contribution in [1.29, 1.82) is 0 Å². The summed E-state index contributed by atoms with van der Waals surface area (Å²) in [6, 6.07) is 1.76. The normalized spacial score (nSPS) is 14.4. The minimum Gasteiger partial charge on any atom is -0.397 e. The number of amides is 1. The van der Waals surface area contributed by atoms with E-state index in [1.54, 1.807) is 6.07 Å². The highest BCUT2D eigenvalue weighted by Crippen LogP contribution is 2.21. The Morgan fingerprint density at radius 3 is 3.27 bits per heavy atom. The molecular formula is C7H7N3O. The van der Waals surface area contributed by atoms with Gasteiger partial charge in [-0.25, -0.2) is 4.98 Å². The monoisotopic (exact) mass is 149 g/mol. The third-order valence-corrected chi connectivity index (χ3v) is 1.60. The van der Waals surface area contributed by atoms with Gasteiger partial charge in [-0.15, -0.1) is 0 Å². The minimum absolute atomic E-state index is 0.0156. The Morgan fingerprint density at radius 1 is 1.64 bits per heavy atom. The Labute approximate surface area is 63.4 Å². The highest BCUT2D eigenvalue weighted by atomic mass is 16.1. The predicted octanol–water partition coefficient (Wildman–Crippen LogP) is 0.158. The molecule has 0 aromatic carbocycles. The van der Waals surface area contributed by atoms with E-state index in [1.807, 2.05) is 0 Å². The van der Waals surface area contributed by atoms with Crippen LogP contribution in [0.5, 0.6) is 0 Å². The molecule has 0 unspecified atom stereocenters. The van der Waals surface area contributed by atoms with E-state index < -0.39 is 0 Å². The van der Waals surface area contributed by atoms with Gasteiger partial charge in [0.2, 0.25) is 5.91 Å². The van der Waals surface area contributed by atoms with E-state index in [0.717, 1.165) is 5.56 Å². The first-order valence-electron chi connectivity index (χ1n) is 3.30. The Balaban J connectivity index is 2.51. The standard InChI is InChI=1S/C7H7N3O/c8-5-1-4-2-6(11)10-7(4)9-3-5/h1,3H,2,8H2,(H,9,10,11). The summed E-state index contributed by atoms with van der Waals surface area (Å²) in [6.45, 7) is 0. The molecule has 0 radical (unpaired) electrons. The fourth-order valence-electron chi connectivity index (χ4n) is 1.13. The number of carbonyl (C=O) groups excluding carboxylic acids is 1. The molecule has 0 fully saturated rings. The molecule has 1 aromatic rings. The van der Waals surface area contributed by atoms with Crippen molar-refractivity contribution >= 4 is 17.4 Å². The molecule has 56 valence electrons. The number of anilines is 2. The molecule has 11 heavy (non-hydrogen) atoms. The zero-order valence-electron chi connectivity index (χ0n) is 5.79. The van der Waals surface area contributed by atoms with Crippen molar-refractivity contribution in [2.75, 3.05) is 11.1 Å². The van der Waals surface area contributed by atoms with E-state index in [1.165, 1.54) is 6.20 Å². The Morgan fingerprint density at radius 2 is 2.45 bits per heavy atom. The number of nitrogen functional groups attached to an aromatic ring is 1. The second kappa shape index (κ2) is 1.95. The van der Waals surface area contributed by atoms with E-state index in [4.69, 9.17) is 5.73 Å². The number of hydrogen-bond acceptors (Lipinski definition) is 3. The number of nitrogens with zero attached hydrogens (tertiary/aromatic N) is 1. The lowest BCUT2D eigenvalue weighted by molar-refractivity contribution is -0.115. The fourth-order valence-corrected chi connectivity index (χ4v) is 1.13. The summed E-state index contributed by atoms with van der Waals surface area (Å²) in [7, 11) is 0. The van der Waals surface area contributed by atoms with Gasteiger partial charge >= 0.3 is 0 Å². The molecule has 4 heteroatoms. The van der Waals surface area contributed by atoms with Crippen LogP contribution >= 0.6 is 0 Å². The molecule has 1 aliphatic rings. The lowest BCUT2D eigenvalue weighted by Gasteiger charge is -1.96. The fraction of sp³-hybridized carbons (Fsp3) is 0.143. The minimum atomic E-state index is -0.0156. The summed E-state index contributed by atoms with van der Waals surface area (Å²) in [6.07, 6.45) is 1.93. The maximum absolute atomic E-state index is 10.8. The van der Waals surface area contributed by atoms with Crippen molar-refractivity contribution in [2.45, 2.75) is 6.42 Å².